The van der Waals surface area contributed by atoms with Crippen LogP contribution in [0.5, 0.6) is 0 Å². The van der Waals surface area contributed by atoms with Crippen molar-refractivity contribution in [2.45, 2.75) is 272 Å². The van der Waals surface area contributed by atoms with E-state index in [2.05, 4.69) is 34.6 Å². The monoisotopic (exact) mass is 779 g/mol. The van der Waals surface area contributed by atoms with Crippen molar-refractivity contribution in [1.29, 1.82) is 0 Å². The van der Waals surface area contributed by atoms with Crippen molar-refractivity contribution in [2.24, 2.45) is 11.8 Å². The molecular weight excluding hydrogens is 685 g/mol. The molecule has 0 heterocycles. The lowest BCUT2D eigenvalue weighted by Crippen LogP contribution is -2.30. The van der Waals surface area contributed by atoms with E-state index in [0.717, 1.165) is 69.6 Å². The van der Waals surface area contributed by atoms with Gasteiger partial charge in [-0.3, -0.25) is 14.4 Å². The van der Waals surface area contributed by atoms with Gasteiger partial charge in [0.2, 0.25) is 0 Å². The van der Waals surface area contributed by atoms with Crippen molar-refractivity contribution in [2.75, 3.05) is 13.2 Å². The molecule has 55 heavy (non-hydrogen) atoms. The first kappa shape index (κ1) is 53.4. The van der Waals surface area contributed by atoms with Crippen LogP contribution in [0, 0.1) is 11.8 Å². The highest BCUT2D eigenvalue weighted by molar-refractivity contribution is 5.71. The van der Waals surface area contributed by atoms with Crippen molar-refractivity contribution >= 4 is 17.9 Å². The second kappa shape index (κ2) is 42.0. The second-order valence-corrected chi connectivity index (χ2v) is 17.5. The highest BCUT2D eigenvalue weighted by Crippen LogP contribution is 2.17. The largest absolute Gasteiger partial charge is 0.462 e. The van der Waals surface area contributed by atoms with Crippen LogP contribution >= 0.6 is 0 Å². The molecule has 0 rings (SSSR count). The molecule has 0 fully saturated rings. The Morgan fingerprint density at radius 2 is 0.691 bits per heavy atom. The summed E-state index contributed by atoms with van der Waals surface area (Å²) in [6.45, 7) is 11.3. The average molecular weight is 779 g/mol. The summed E-state index contributed by atoms with van der Waals surface area (Å²) in [6, 6.07) is 0. The number of esters is 3. The maximum Gasteiger partial charge on any atom is 0.306 e. The molecule has 0 aliphatic carbocycles. The molecule has 1 unspecified atom stereocenters. The van der Waals surface area contributed by atoms with E-state index < -0.39 is 6.10 Å². The fraction of sp³-hybridized carbons (Fsp3) is 0.939. The van der Waals surface area contributed by atoms with Gasteiger partial charge in [-0.05, 0) is 31.1 Å². The number of carbonyl (C=O) groups excluding carboxylic acids is 3. The van der Waals surface area contributed by atoms with Crippen LogP contribution in [0.1, 0.15) is 266 Å². The van der Waals surface area contributed by atoms with E-state index in [-0.39, 0.29) is 31.1 Å². The number of hydrogen-bond donors (Lipinski definition) is 0. The first-order valence-corrected chi connectivity index (χ1v) is 24.3. The van der Waals surface area contributed by atoms with Gasteiger partial charge in [-0.25, -0.2) is 0 Å². The molecule has 0 bridgehead atoms. The van der Waals surface area contributed by atoms with Crippen molar-refractivity contribution in [3.63, 3.8) is 0 Å². The van der Waals surface area contributed by atoms with E-state index in [0.29, 0.717) is 19.3 Å². The van der Waals surface area contributed by atoms with Crippen LogP contribution in [0.4, 0.5) is 0 Å². The lowest BCUT2D eigenvalue weighted by molar-refractivity contribution is -0.167. The molecule has 0 saturated heterocycles. The molecule has 0 amide bonds. The van der Waals surface area contributed by atoms with Gasteiger partial charge in [0.25, 0.3) is 0 Å². The minimum Gasteiger partial charge on any atom is -0.462 e. The van der Waals surface area contributed by atoms with Gasteiger partial charge in [0.15, 0.2) is 6.10 Å². The fourth-order valence-electron chi connectivity index (χ4n) is 7.25. The lowest BCUT2D eigenvalue weighted by atomic mass is 9.99. The van der Waals surface area contributed by atoms with Crippen LogP contribution in [0.25, 0.3) is 0 Å². The maximum atomic E-state index is 12.7. The molecule has 326 valence electrons. The predicted molar refractivity (Wildman–Crippen MR) is 233 cm³/mol. The summed E-state index contributed by atoms with van der Waals surface area (Å²) < 4.78 is 16.7. The number of rotatable bonds is 43. The minimum atomic E-state index is -0.761. The van der Waals surface area contributed by atoms with Gasteiger partial charge >= 0.3 is 17.9 Å². The smallest absolute Gasteiger partial charge is 0.306 e. The molecule has 0 aromatic heterocycles. The molecule has 0 aliphatic rings. The van der Waals surface area contributed by atoms with Crippen molar-refractivity contribution in [3.8, 4) is 0 Å². The van der Waals surface area contributed by atoms with Gasteiger partial charge in [0.1, 0.15) is 13.2 Å². The lowest BCUT2D eigenvalue weighted by Gasteiger charge is -2.18. The molecule has 0 aliphatic heterocycles. The Hall–Kier alpha value is -1.59. The standard InChI is InChI=1S/C49H94O6/c1-6-8-9-10-11-12-13-14-15-16-20-23-29-34-39-47(50)53-42-46(43-54-48(51)40-35-30-26-25-27-32-37-44(3)4)55-49(52)41-36-31-24-21-18-17-19-22-28-33-38-45(5)7-2/h44-46H,6-43H2,1-5H3/t45?,46-/m0/s1. The normalized spacial score (nSPS) is 12.5. The SMILES string of the molecule is CCCCCCCCCCCCCCCCC(=O)OC[C@@H](COC(=O)CCCCCCCCC(C)C)OC(=O)CCCCCCCCCCCCC(C)CC. The molecule has 6 nitrogen and oxygen atoms in total. The average Bonchev–Trinajstić information content (AvgIpc) is 3.17. The van der Waals surface area contributed by atoms with E-state index in [1.807, 2.05) is 0 Å². The van der Waals surface area contributed by atoms with Crippen LogP contribution in [-0.4, -0.2) is 37.2 Å². The molecule has 0 radical (unpaired) electrons. The molecule has 6 heteroatoms. The Morgan fingerprint density at radius 1 is 0.382 bits per heavy atom. The molecule has 0 N–H and O–H groups in total. The summed E-state index contributed by atoms with van der Waals surface area (Å²) in [5.41, 5.74) is 0. The van der Waals surface area contributed by atoms with Crippen LogP contribution in [0.3, 0.4) is 0 Å². The predicted octanol–water partition coefficient (Wildman–Crippen LogP) is 15.4. The first-order valence-electron chi connectivity index (χ1n) is 24.3. The first-order chi connectivity index (χ1) is 26.8. The highest BCUT2D eigenvalue weighted by Gasteiger charge is 2.19. The van der Waals surface area contributed by atoms with Gasteiger partial charge in [-0.1, -0.05) is 227 Å². The third kappa shape index (κ3) is 41.9. The number of carbonyl (C=O) groups is 3. The topological polar surface area (TPSA) is 78.9 Å². The summed E-state index contributed by atoms with van der Waals surface area (Å²) in [4.78, 5) is 37.8. The Kier molecular flexibility index (Phi) is 40.8. The van der Waals surface area contributed by atoms with E-state index in [1.165, 1.54) is 154 Å². The Balaban J connectivity index is 4.31. The van der Waals surface area contributed by atoms with E-state index >= 15 is 0 Å². The van der Waals surface area contributed by atoms with Gasteiger partial charge in [-0.15, -0.1) is 0 Å². The van der Waals surface area contributed by atoms with Gasteiger partial charge < -0.3 is 14.2 Å². The van der Waals surface area contributed by atoms with Gasteiger partial charge in [-0.2, -0.15) is 0 Å². The molecule has 0 saturated carbocycles. The molecule has 0 spiro atoms. The van der Waals surface area contributed by atoms with Gasteiger partial charge in [0.05, 0.1) is 0 Å². The third-order valence-electron chi connectivity index (χ3n) is 11.3. The second-order valence-electron chi connectivity index (χ2n) is 17.5. The Labute approximate surface area is 342 Å². The molecule has 0 aromatic carbocycles. The van der Waals surface area contributed by atoms with Crippen LogP contribution < -0.4 is 0 Å². The van der Waals surface area contributed by atoms with E-state index in [9.17, 15) is 14.4 Å². The molecule has 0 aromatic rings. The van der Waals surface area contributed by atoms with E-state index in [1.54, 1.807) is 0 Å². The summed E-state index contributed by atoms with van der Waals surface area (Å²) in [5.74, 6) is 0.773. The minimum absolute atomic E-state index is 0.0650. The number of ether oxygens (including phenoxy) is 3. The Bertz CT molecular complexity index is 841. The Morgan fingerprint density at radius 3 is 1.04 bits per heavy atom. The molecule has 2 atom stereocenters. The third-order valence-corrected chi connectivity index (χ3v) is 11.3. The quantitative estimate of drug-likeness (QED) is 0.0348. The fourth-order valence-corrected chi connectivity index (χ4v) is 7.25. The molecular formula is C49H94O6. The van der Waals surface area contributed by atoms with E-state index in [4.69, 9.17) is 14.2 Å². The van der Waals surface area contributed by atoms with Gasteiger partial charge in [0, 0.05) is 19.3 Å². The zero-order chi connectivity index (χ0) is 40.5. The summed E-state index contributed by atoms with van der Waals surface area (Å²) >= 11 is 0. The van der Waals surface area contributed by atoms with Crippen molar-refractivity contribution in [1.82, 2.24) is 0 Å². The van der Waals surface area contributed by atoms with Crippen LogP contribution in [0.15, 0.2) is 0 Å². The van der Waals surface area contributed by atoms with Crippen molar-refractivity contribution < 1.29 is 28.6 Å². The summed E-state index contributed by atoms with van der Waals surface area (Å²) in [6.07, 6.45) is 40.9. The maximum absolute atomic E-state index is 12.7. The number of unbranched alkanes of at least 4 members (excludes halogenated alkanes) is 27. The zero-order valence-corrected chi connectivity index (χ0v) is 37.6. The van der Waals surface area contributed by atoms with Crippen LogP contribution in [-0.2, 0) is 28.6 Å². The highest BCUT2D eigenvalue weighted by atomic mass is 16.6. The summed E-state index contributed by atoms with van der Waals surface area (Å²) in [5, 5.41) is 0. The number of hydrogen-bond acceptors (Lipinski definition) is 6. The summed E-state index contributed by atoms with van der Waals surface area (Å²) in [7, 11) is 0. The zero-order valence-electron chi connectivity index (χ0n) is 37.6. The van der Waals surface area contributed by atoms with Crippen molar-refractivity contribution in [3.05, 3.63) is 0 Å². The van der Waals surface area contributed by atoms with Crippen LogP contribution in [0.2, 0.25) is 0 Å².